The second kappa shape index (κ2) is 4.12. The Kier molecular flexibility index (Phi) is 3.05. The van der Waals surface area contributed by atoms with Crippen molar-refractivity contribution >= 4 is 5.97 Å². The van der Waals surface area contributed by atoms with E-state index >= 15 is 0 Å². The molecule has 0 radical (unpaired) electrons. The molecule has 0 aromatic rings. The number of carbonyl (C=O) groups is 1. The number of hydrogen-bond acceptors (Lipinski definition) is 3. The van der Waals surface area contributed by atoms with E-state index in [4.69, 9.17) is 0 Å². The lowest BCUT2D eigenvalue weighted by atomic mass is 9.85. The van der Waals surface area contributed by atoms with Crippen LogP contribution in [0.25, 0.3) is 0 Å². The summed E-state index contributed by atoms with van der Waals surface area (Å²) in [4.78, 5) is 10.9. The molecule has 1 heterocycles. The molecule has 3 nitrogen and oxygen atoms in total. The highest BCUT2D eigenvalue weighted by molar-refractivity contribution is 5.76. The minimum atomic E-state index is -5.06. The van der Waals surface area contributed by atoms with E-state index in [1.165, 1.54) is 0 Å². The zero-order chi connectivity index (χ0) is 12.7. The highest BCUT2D eigenvalue weighted by Gasteiger charge is 2.58. The van der Waals surface area contributed by atoms with Gasteiger partial charge in [0.25, 0.3) is 0 Å². The maximum absolute atomic E-state index is 13.8. The van der Waals surface area contributed by atoms with Gasteiger partial charge in [-0.25, -0.2) is 9.18 Å². The molecule has 1 aliphatic carbocycles. The third-order valence-corrected chi connectivity index (χ3v) is 3.33. The van der Waals surface area contributed by atoms with E-state index in [-0.39, 0.29) is 18.9 Å². The first-order valence-corrected chi connectivity index (χ1v) is 5.51. The minimum Gasteiger partial charge on any atom is -0.449 e. The Bertz CT molecular complexity index is 316. The van der Waals surface area contributed by atoms with Crippen molar-refractivity contribution in [3.8, 4) is 0 Å². The van der Waals surface area contributed by atoms with Crippen molar-refractivity contribution in [2.45, 2.75) is 37.2 Å². The second-order valence-corrected chi connectivity index (χ2v) is 4.54. The van der Waals surface area contributed by atoms with Crippen molar-refractivity contribution in [2.24, 2.45) is 5.92 Å². The number of rotatable bonds is 2. The van der Waals surface area contributed by atoms with Crippen LogP contribution in [0.5, 0.6) is 0 Å². The Balaban J connectivity index is 2.14. The average Bonchev–Trinajstić information content (AvgIpc) is 3.03. The van der Waals surface area contributed by atoms with E-state index in [0.717, 1.165) is 0 Å². The van der Waals surface area contributed by atoms with Gasteiger partial charge in [-0.1, -0.05) is 0 Å². The van der Waals surface area contributed by atoms with Gasteiger partial charge in [0.05, 0.1) is 0 Å². The summed E-state index contributed by atoms with van der Waals surface area (Å²) in [6.07, 6.45) is -5.31. The predicted molar refractivity (Wildman–Crippen MR) is 50.0 cm³/mol. The SMILES string of the molecule is O=C(OC1(C2CC2)CCNCC1F)C(F)(F)F. The van der Waals surface area contributed by atoms with Crippen molar-refractivity contribution in [1.82, 2.24) is 5.32 Å². The molecular weight excluding hydrogens is 242 g/mol. The van der Waals surface area contributed by atoms with Crippen LogP contribution in [0, 0.1) is 5.92 Å². The van der Waals surface area contributed by atoms with Crippen LogP contribution in [0.2, 0.25) is 0 Å². The second-order valence-electron chi connectivity index (χ2n) is 4.54. The molecule has 98 valence electrons. The summed E-state index contributed by atoms with van der Waals surface area (Å²) in [6, 6.07) is 0. The van der Waals surface area contributed by atoms with Crippen molar-refractivity contribution in [3.63, 3.8) is 0 Å². The fourth-order valence-corrected chi connectivity index (χ4v) is 2.30. The van der Waals surface area contributed by atoms with Crippen molar-refractivity contribution in [3.05, 3.63) is 0 Å². The number of carbonyl (C=O) groups excluding carboxylic acids is 1. The zero-order valence-electron chi connectivity index (χ0n) is 9.02. The van der Waals surface area contributed by atoms with Gasteiger partial charge in [-0.2, -0.15) is 13.2 Å². The standard InChI is InChI=1S/C10H13F4NO2/c11-7-5-15-4-3-9(7,6-1-2-6)17-8(16)10(12,13)14/h6-7,15H,1-5H2. The van der Waals surface area contributed by atoms with Crippen LogP contribution < -0.4 is 5.32 Å². The lowest BCUT2D eigenvalue weighted by Gasteiger charge is -2.40. The third-order valence-electron chi connectivity index (χ3n) is 3.33. The monoisotopic (exact) mass is 255 g/mol. The largest absolute Gasteiger partial charge is 0.490 e. The maximum atomic E-state index is 13.8. The fraction of sp³-hybridized carbons (Fsp3) is 0.900. The first kappa shape index (κ1) is 12.6. The first-order chi connectivity index (χ1) is 7.86. The quantitative estimate of drug-likeness (QED) is 0.601. The lowest BCUT2D eigenvalue weighted by molar-refractivity contribution is -0.224. The number of hydrogen-bond donors (Lipinski definition) is 1. The summed E-state index contributed by atoms with van der Waals surface area (Å²) in [6.45, 7) is 0.295. The molecule has 2 atom stereocenters. The van der Waals surface area contributed by atoms with Gasteiger partial charge in [0.15, 0.2) is 6.17 Å². The molecule has 1 aliphatic heterocycles. The molecule has 0 aromatic carbocycles. The molecule has 2 aliphatic rings. The Morgan fingerprint density at radius 3 is 2.47 bits per heavy atom. The number of alkyl halides is 4. The summed E-state index contributed by atoms with van der Waals surface area (Å²) in [5.74, 6) is -2.56. The van der Waals surface area contributed by atoms with Gasteiger partial charge in [-0.15, -0.1) is 0 Å². The molecule has 1 N–H and O–H groups in total. The number of nitrogens with one attached hydrogen (secondary N) is 1. The van der Waals surface area contributed by atoms with E-state index in [9.17, 15) is 22.4 Å². The molecule has 1 saturated heterocycles. The molecule has 2 unspecified atom stereocenters. The molecule has 2 rings (SSSR count). The van der Waals surface area contributed by atoms with Gasteiger partial charge in [0.1, 0.15) is 5.60 Å². The van der Waals surface area contributed by atoms with Gasteiger partial charge in [0, 0.05) is 18.9 Å². The van der Waals surface area contributed by atoms with Crippen LogP contribution in [0.1, 0.15) is 19.3 Å². The van der Waals surface area contributed by atoms with Crippen LogP contribution in [0.15, 0.2) is 0 Å². The molecule has 2 fully saturated rings. The van der Waals surface area contributed by atoms with Gasteiger partial charge >= 0.3 is 12.1 Å². The van der Waals surface area contributed by atoms with E-state index in [2.05, 4.69) is 10.1 Å². The summed E-state index contributed by atoms with van der Waals surface area (Å²) in [5, 5.41) is 2.74. The van der Waals surface area contributed by atoms with Crippen LogP contribution in [-0.4, -0.2) is 37.0 Å². The number of esters is 1. The molecule has 0 aromatic heterocycles. The fourth-order valence-electron chi connectivity index (χ4n) is 2.30. The number of ether oxygens (including phenoxy) is 1. The predicted octanol–water partition coefficient (Wildman–Crippen LogP) is 1.57. The molecule has 1 saturated carbocycles. The van der Waals surface area contributed by atoms with Crippen molar-refractivity contribution in [1.29, 1.82) is 0 Å². The number of piperidine rings is 1. The van der Waals surface area contributed by atoms with Crippen molar-refractivity contribution < 1.29 is 27.1 Å². The van der Waals surface area contributed by atoms with E-state index in [0.29, 0.717) is 19.4 Å². The van der Waals surface area contributed by atoms with Crippen LogP contribution in [0.3, 0.4) is 0 Å². The van der Waals surface area contributed by atoms with E-state index in [1.54, 1.807) is 0 Å². The average molecular weight is 255 g/mol. The molecule has 7 heteroatoms. The summed E-state index contributed by atoms with van der Waals surface area (Å²) in [5.41, 5.74) is -1.57. The third kappa shape index (κ3) is 2.38. The highest BCUT2D eigenvalue weighted by Crippen LogP contribution is 2.48. The van der Waals surface area contributed by atoms with Crippen molar-refractivity contribution in [2.75, 3.05) is 13.1 Å². The van der Waals surface area contributed by atoms with Gasteiger partial charge < -0.3 is 10.1 Å². The molecular formula is C10H13F4NO2. The molecule has 17 heavy (non-hydrogen) atoms. The molecule has 0 bridgehead atoms. The Hall–Kier alpha value is -0.850. The van der Waals surface area contributed by atoms with E-state index < -0.39 is 23.9 Å². The molecule has 0 spiro atoms. The Labute approximate surface area is 95.5 Å². The van der Waals surface area contributed by atoms with Crippen LogP contribution in [0.4, 0.5) is 17.6 Å². The minimum absolute atomic E-state index is 0.0678. The van der Waals surface area contributed by atoms with Gasteiger partial charge in [0.2, 0.25) is 0 Å². The van der Waals surface area contributed by atoms with Gasteiger partial charge in [-0.3, -0.25) is 0 Å². The van der Waals surface area contributed by atoms with Gasteiger partial charge in [-0.05, 0) is 19.4 Å². The lowest BCUT2D eigenvalue weighted by Crippen LogP contribution is -2.57. The number of halogens is 4. The smallest absolute Gasteiger partial charge is 0.449 e. The summed E-state index contributed by atoms with van der Waals surface area (Å²) in [7, 11) is 0. The van der Waals surface area contributed by atoms with Crippen LogP contribution in [-0.2, 0) is 9.53 Å². The summed E-state index contributed by atoms with van der Waals surface area (Å²) < 4.78 is 54.9. The topological polar surface area (TPSA) is 38.3 Å². The highest BCUT2D eigenvalue weighted by atomic mass is 19.4. The van der Waals surface area contributed by atoms with Crippen LogP contribution >= 0.6 is 0 Å². The zero-order valence-corrected chi connectivity index (χ0v) is 9.02. The molecule has 0 amide bonds. The maximum Gasteiger partial charge on any atom is 0.490 e. The van der Waals surface area contributed by atoms with E-state index in [1.807, 2.05) is 0 Å². The summed E-state index contributed by atoms with van der Waals surface area (Å²) >= 11 is 0. The Morgan fingerprint density at radius 2 is 2.00 bits per heavy atom. The normalized spacial score (nSPS) is 34.5. The Morgan fingerprint density at radius 1 is 1.35 bits per heavy atom. The first-order valence-electron chi connectivity index (χ1n) is 5.51.